The van der Waals surface area contributed by atoms with Crippen LogP contribution in [0.15, 0.2) is 42.3 Å². The molecule has 2 N–H and O–H groups in total. The molecule has 2 atom stereocenters. The zero-order valence-corrected chi connectivity index (χ0v) is 18.9. The highest BCUT2D eigenvalue weighted by molar-refractivity contribution is 5.96. The minimum Gasteiger partial charge on any atom is -0.493 e. The average Bonchev–Trinajstić information content (AvgIpc) is 3.21. The summed E-state index contributed by atoms with van der Waals surface area (Å²) >= 11 is 0. The number of halogens is 1. The molecule has 1 saturated heterocycles. The number of dihydropyridines is 1. The number of carbonyl (C=O) groups excluding carboxylic acids is 1. The summed E-state index contributed by atoms with van der Waals surface area (Å²) in [6, 6.07) is 5.15. The summed E-state index contributed by atoms with van der Waals surface area (Å²) < 4.78 is 15.7. The largest absolute Gasteiger partial charge is 0.493 e. The van der Waals surface area contributed by atoms with Crippen molar-refractivity contribution in [3.8, 4) is 23.1 Å². The third-order valence-electron chi connectivity index (χ3n) is 6.36. The highest BCUT2D eigenvalue weighted by atomic mass is 19.1. The molecule has 1 aromatic heterocycles. The normalized spacial score (nSPS) is 20.4. The van der Waals surface area contributed by atoms with Gasteiger partial charge in [0.1, 0.15) is 18.1 Å². The molecule has 172 valence electrons. The van der Waals surface area contributed by atoms with E-state index in [1.54, 1.807) is 31.3 Å². The van der Waals surface area contributed by atoms with Gasteiger partial charge in [0.15, 0.2) is 0 Å². The molecule has 0 saturated carbocycles. The van der Waals surface area contributed by atoms with Crippen LogP contribution in [0.1, 0.15) is 30.1 Å². The molecule has 3 heterocycles. The standard InChI is InChI=1S/C24H27FN6O2/c1-15-19(8-6-16(11-26)22(15)25)20-13-28-31(24(20)33)21-9-7-17(12-27-21)23(32)30-10-4-5-18(14-30)29(2)3/h6-9,12-13,18,21,27,33H,4-5,10,14H2,1-3H3. The van der Waals surface area contributed by atoms with Crippen molar-refractivity contribution in [1.82, 2.24) is 24.9 Å². The fraction of sp³-hybridized carbons (Fsp3) is 0.375. The SMILES string of the molecule is Cc1c(-c2cnn(C3C=CC(C(=O)N4CCCC(N(C)C)C4)=CN3)c2O)ccc(C#N)c1F. The van der Waals surface area contributed by atoms with Gasteiger partial charge in [-0.1, -0.05) is 6.07 Å². The summed E-state index contributed by atoms with van der Waals surface area (Å²) in [6.07, 6.45) is 8.13. The van der Waals surface area contributed by atoms with Crippen LogP contribution in [0.2, 0.25) is 0 Å². The third-order valence-corrected chi connectivity index (χ3v) is 6.36. The van der Waals surface area contributed by atoms with Crippen LogP contribution in [0.4, 0.5) is 4.39 Å². The van der Waals surface area contributed by atoms with Gasteiger partial charge in [-0.05, 0) is 63.2 Å². The molecule has 0 spiro atoms. The number of benzene rings is 1. The number of nitriles is 1. The lowest BCUT2D eigenvalue weighted by molar-refractivity contribution is -0.128. The van der Waals surface area contributed by atoms with Crippen molar-refractivity contribution in [1.29, 1.82) is 5.26 Å². The van der Waals surface area contributed by atoms with Gasteiger partial charge in [0, 0.05) is 25.3 Å². The molecule has 1 aromatic carbocycles. The second-order valence-electron chi connectivity index (χ2n) is 8.62. The first kappa shape index (κ1) is 22.6. The van der Waals surface area contributed by atoms with Gasteiger partial charge >= 0.3 is 0 Å². The van der Waals surface area contributed by atoms with Gasteiger partial charge in [0.05, 0.1) is 22.9 Å². The van der Waals surface area contributed by atoms with E-state index in [2.05, 4.69) is 15.3 Å². The minimum atomic E-state index is -0.613. The van der Waals surface area contributed by atoms with Crippen LogP contribution in [0.25, 0.3) is 11.1 Å². The summed E-state index contributed by atoms with van der Waals surface area (Å²) in [6.45, 7) is 3.00. The number of likely N-dealkylation sites (tertiary alicyclic amines) is 1. The number of aromatic nitrogens is 2. The van der Waals surface area contributed by atoms with Crippen molar-refractivity contribution in [3.05, 3.63) is 59.2 Å². The molecule has 0 aliphatic carbocycles. The van der Waals surface area contributed by atoms with E-state index in [4.69, 9.17) is 5.26 Å². The molecule has 33 heavy (non-hydrogen) atoms. The number of nitrogens with one attached hydrogen (secondary N) is 1. The minimum absolute atomic E-state index is 0.0298. The Bertz CT molecular complexity index is 1180. The maximum absolute atomic E-state index is 14.4. The molecule has 8 nitrogen and oxygen atoms in total. The van der Waals surface area contributed by atoms with E-state index in [0.717, 1.165) is 19.4 Å². The van der Waals surface area contributed by atoms with Gasteiger partial charge in [-0.2, -0.15) is 10.4 Å². The molecule has 1 fully saturated rings. The van der Waals surface area contributed by atoms with Gasteiger partial charge < -0.3 is 20.2 Å². The second-order valence-corrected chi connectivity index (χ2v) is 8.62. The van der Waals surface area contributed by atoms with Crippen molar-refractivity contribution in [3.63, 3.8) is 0 Å². The highest BCUT2D eigenvalue weighted by Gasteiger charge is 2.28. The first-order valence-electron chi connectivity index (χ1n) is 10.9. The van der Waals surface area contributed by atoms with Crippen molar-refractivity contribution >= 4 is 5.91 Å². The first-order chi connectivity index (χ1) is 15.8. The Labute approximate surface area is 192 Å². The van der Waals surface area contributed by atoms with Crippen LogP contribution < -0.4 is 5.32 Å². The van der Waals surface area contributed by atoms with Gasteiger partial charge in [0.25, 0.3) is 5.91 Å². The number of rotatable bonds is 4. The number of likely N-dealkylation sites (N-methyl/N-ethyl adjacent to an activating group) is 1. The van der Waals surface area contributed by atoms with Crippen LogP contribution in [0.3, 0.4) is 0 Å². The molecule has 0 bridgehead atoms. The number of nitrogens with zero attached hydrogens (tertiary/aromatic N) is 5. The van der Waals surface area contributed by atoms with Crippen LogP contribution in [-0.2, 0) is 4.79 Å². The number of aromatic hydroxyl groups is 1. The van der Waals surface area contributed by atoms with Crippen molar-refractivity contribution in [2.24, 2.45) is 0 Å². The lowest BCUT2D eigenvalue weighted by Gasteiger charge is -2.36. The Kier molecular flexibility index (Phi) is 6.20. The average molecular weight is 451 g/mol. The van der Waals surface area contributed by atoms with E-state index < -0.39 is 12.0 Å². The molecule has 1 amide bonds. The Balaban J connectivity index is 1.50. The maximum Gasteiger partial charge on any atom is 0.255 e. The third kappa shape index (κ3) is 4.22. The Morgan fingerprint density at radius 1 is 1.36 bits per heavy atom. The zero-order valence-electron chi connectivity index (χ0n) is 18.9. The van der Waals surface area contributed by atoms with Crippen molar-refractivity contribution in [2.45, 2.75) is 32.0 Å². The summed E-state index contributed by atoms with van der Waals surface area (Å²) in [7, 11) is 4.06. The Morgan fingerprint density at radius 3 is 2.82 bits per heavy atom. The molecular formula is C24H27FN6O2. The molecule has 2 aliphatic heterocycles. The quantitative estimate of drug-likeness (QED) is 0.743. The lowest BCUT2D eigenvalue weighted by Crippen LogP contribution is -2.48. The fourth-order valence-electron chi connectivity index (χ4n) is 4.31. The molecule has 2 unspecified atom stereocenters. The number of hydrogen-bond acceptors (Lipinski definition) is 6. The zero-order chi connectivity index (χ0) is 23.7. The smallest absolute Gasteiger partial charge is 0.255 e. The second kappa shape index (κ2) is 9.08. The molecule has 0 radical (unpaired) electrons. The van der Waals surface area contributed by atoms with Gasteiger partial charge in [0.2, 0.25) is 5.88 Å². The summed E-state index contributed by atoms with van der Waals surface area (Å²) in [5.41, 5.74) is 1.58. The van der Waals surface area contributed by atoms with Gasteiger partial charge in [-0.15, -0.1) is 0 Å². The van der Waals surface area contributed by atoms with E-state index in [0.29, 0.717) is 29.3 Å². The van der Waals surface area contributed by atoms with Crippen LogP contribution in [0.5, 0.6) is 5.88 Å². The van der Waals surface area contributed by atoms with Gasteiger partial charge in [-0.25, -0.2) is 9.07 Å². The number of amides is 1. The first-order valence-corrected chi connectivity index (χ1v) is 10.9. The highest BCUT2D eigenvalue weighted by Crippen LogP contribution is 2.35. The van der Waals surface area contributed by atoms with Crippen LogP contribution in [-0.4, -0.2) is 63.8 Å². The predicted molar refractivity (Wildman–Crippen MR) is 121 cm³/mol. The van der Waals surface area contributed by atoms with Crippen molar-refractivity contribution < 1.29 is 14.3 Å². The number of piperidine rings is 1. The van der Waals surface area contributed by atoms with E-state index >= 15 is 0 Å². The number of hydrogen-bond donors (Lipinski definition) is 2. The summed E-state index contributed by atoms with van der Waals surface area (Å²) in [5, 5.41) is 27.1. The predicted octanol–water partition coefficient (Wildman–Crippen LogP) is 2.67. The molecule has 2 aromatic rings. The van der Waals surface area contributed by atoms with E-state index in [-0.39, 0.29) is 22.9 Å². The summed E-state index contributed by atoms with van der Waals surface area (Å²) in [4.78, 5) is 17.0. The number of carbonyl (C=O) groups is 1. The van der Waals surface area contributed by atoms with E-state index in [1.807, 2.05) is 25.1 Å². The van der Waals surface area contributed by atoms with E-state index in [1.165, 1.54) is 16.9 Å². The molecular weight excluding hydrogens is 423 g/mol. The monoisotopic (exact) mass is 450 g/mol. The Morgan fingerprint density at radius 2 is 2.15 bits per heavy atom. The summed E-state index contributed by atoms with van der Waals surface area (Å²) in [5.74, 6) is -0.784. The lowest BCUT2D eigenvalue weighted by atomic mass is 10.00. The molecule has 2 aliphatic rings. The van der Waals surface area contributed by atoms with E-state index in [9.17, 15) is 14.3 Å². The van der Waals surface area contributed by atoms with Crippen LogP contribution >= 0.6 is 0 Å². The molecule has 9 heteroatoms. The fourth-order valence-corrected chi connectivity index (χ4v) is 4.31. The molecule has 4 rings (SSSR count). The van der Waals surface area contributed by atoms with Gasteiger partial charge in [-0.3, -0.25) is 4.79 Å². The van der Waals surface area contributed by atoms with Crippen molar-refractivity contribution in [2.75, 3.05) is 27.2 Å². The Hall–Kier alpha value is -3.64. The maximum atomic E-state index is 14.4. The topological polar surface area (TPSA) is 97.4 Å². The van der Waals surface area contributed by atoms with Crippen LogP contribution in [0, 0.1) is 24.1 Å².